The van der Waals surface area contributed by atoms with Gasteiger partial charge in [0.2, 0.25) is 0 Å². The minimum absolute atomic E-state index is 0.000342. The average Bonchev–Trinajstić information content (AvgIpc) is 2.99. The molecule has 9 heteroatoms. The van der Waals surface area contributed by atoms with Crippen LogP contribution in [0.2, 0.25) is 0 Å². The summed E-state index contributed by atoms with van der Waals surface area (Å²) in [5.41, 5.74) is 5.13. The van der Waals surface area contributed by atoms with Gasteiger partial charge in [-0.1, -0.05) is 0 Å². The molecule has 0 radical (unpaired) electrons. The highest BCUT2D eigenvalue weighted by molar-refractivity contribution is 7.89. The fourth-order valence-electron chi connectivity index (χ4n) is 1.64. The van der Waals surface area contributed by atoms with Crippen molar-refractivity contribution in [2.75, 3.05) is 0 Å². The minimum atomic E-state index is -3.72. The standard InChI is InChI=1S/C10H15N5O2S2/c1-10(2,9-12-3-4-18-9)15-19(16,17)8-7(5-11)6-13-14-8/h3-4,6,15H,5,11H2,1-2H3,(H,13,14). The van der Waals surface area contributed by atoms with Gasteiger partial charge >= 0.3 is 0 Å². The molecule has 7 nitrogen and oxygen atoms in total. The molecule has 0 saturated heterocycles. The van der Waals surface area contributed by atoms with Crippen molar-refractivity contribution in [3.63, 3.8) is 0 Å². The number of hydrogen-bond acceptors (Lipinski definition) is 6. The van der Waals surface area contributed by atoms with Crippen molar-refractivity contribution in [1.82, 2.24) is 19.9 Å². The maximum atomic E-state index is 12.3. The van der Waals surface area contributed by atoms with Crippen LogP contribution in [0.3, 0.4) is 0 Å². The molecular formula is C10H15N5O2S2. The van der Waals surface area contributed by atoms with E-state index in [4.69, 9.17) is 5.73 Å². The summed E-state index contributed by atoms with van der Waals surface area (Å²) < 4.78 is 27.3. The third-order valence-electron chi connectivity index (χ3n) is 2.52. The van der Waals surface area contributed by atoms with Crippen LogP contribution >= 0.6 is 11.3 Å². The van der Waals surface area contributed by atoms with E-state index in [9.17, 15) is 8.42 Å². The molecule has 2 aromatic rings. The van der Waals surface area contributed by atoms with Gasteiger partial charge in [-0.3, -0.25) is 5.10 Å². The molecule has 0 fully saturated rings. The highest BCUT2D eigenvalue weighted by Crippen LogP contribution is 2.25. The van der Waals surface area contributed by atoms with E-state index in [1.165, 1.54) is 17.5 Å². The molecule has 0 bridgehead atoms. The number of nitrogens with two attached hydrogens (primary N) is 1. The highest BCUT2D eigenvalue weighted by Gasteiger charge is 2.32. The van der Waals surface area contributed by atoms with Gasteiger partial charge in [0.1, 0.15) is 5.01 Å². The first-order chi connectivity index (χ1) is 8.87. The lowest BCUT2D eigenvalue weighted by atomic mass is 10.1. The minimum Gasteiger partial charge on any atom is -0.326 e. The van der Waals surface area contributed by atoms with Crippen LogP contribution in [0.25, 0.3) is 0 Å². The smallest absolute Gasteiger partial charge is 0.258 e. The first-order valence-electron chi connectivity index (χ1n) is 5.53. The average molecular weight is 301 g/mol. The Morgan fingerprint density at radius 3 is 2.84 bits per heavy atom. The lowest BCUT2D eigenvalue weighted by molar-refractivity contribution is 0.467. The van der Waals surface area contributed by atoms with Crippen molar-refractivity contribution in [2.45, 2.75) is 31.0 Å². The molecule has 2 rings (SSSR count). The van der Waals surface area contributed by atoms with Gasteiger partial charge in [0, 0.05) is 23.7 Å². The summed E-state index contributed by atoms with van der Waals surface area (Å²) in [7, 11) is -3.72. The summed E-state index contributed by atoms with van der Waals surface area (Å²) in [5, 5.41) is 8.67. The molecule has 0 atom stereocenters. The number of nitrogens with zero attached hydrogens (tertiary/aromatic N) is 2. The zero-order valence-corrected chi connectivity index (χ0v) is 12.2. The maximum absolute atomic E-state index is 12.3. The molecule has 0 unspecified atom stereocenters. The third kappa shape index (κ3) is 2.84. The van der Waals surface area contributed by atoms with E-state index in [-0.39, 0.29) is 11.6 Å². The Morgan fingerprint density at radius 2 is 2.26 bits per heavy atom. The van der Waals surface area contributed by atoms with Crippen LogP contribution in [0.15, 0.2) is 22.8 Å². The quantitative estimate of drug-likeness (QED) is 0.745. The van der Waals surface area contributed by atoms with E-state index in [2.05, 4.69) is 19.9 Å². The Labute approximate surface area is 115 Å². The Balaban J connectivity index is 2.32. The van der Waals surface area contributed by atoms with Crippen molar-refractivity contribution >= 4 is 21.4 Å². The van der Waals surface area contributed by atoms with Gasteiger partial charge < -0.3 is 5.73 Å². The molecule has 0 spiro atoms. The summed E-state index contributed by atoms with van der Waals surface area (Å²) >= 11 is 1.39. The fraction of sp³-hybridized carbons (Fsp3) is 0.400. The second kappa shape index (κ2) is 5.00. The van der Waals surface area contributed by atoms with Gasteiger partial charge in [0.05, 0.1) is 11.7 Å². The van der Waals surface area contributed by atoms with Crippen molar-refractivity contribution in [2.24, 2.45) is 5.73 Å². The van der Waals surface area contributed by atoms with Crippen molar-refractivity contribution < 1.29 is 8.42 Å². The molecule has 0 aliphatic heterocycles. The lowest BCUT2D eigenvalue weighted by Gasteiger charge is -2.23. The van der Waals surface area contributed by atoms with E-state index < -0.39 is 15.6 Å². The van der Waals surface area contributed by atoms with Crippen LogP contribution in [0.4, 0.5) is 0 Å². The number of aromatic nitrogens is 3. The van der Waals surface area contributed by atoms with Crippen molar-refractivity contribution in [1.29, 1.82) is 0 Å². The van der Waals surface area contributed by atoms with Crippen LogP contribution in [0.5, 0.6) is 0 Å². The lowest BCUT2D eigenvalue weighted by Crippen LogP contribution is -2.41. The van der Waals surface area contributed by atoms with Crippen LogP contribution in [-0.4, -0.2) is 23.6 Å². The summed E-state index contributed by atoms with van der Waals surface area (Å²) in [6.45, 7) is 3.61. The van der Waals surface area contributed by atoms with Crippen LogP contribution in [0, 0.1) is 0 Å². The predicted molar refractivity (Wildman–Crippen MR) is 71.9 cm³/mol. The number of nitrogens with one attached hydrogen (secondary N) is 2. The van der Waals surface area contributed by atoms with Crippen LogP contribution in [-0.2, 0) is 22.1 Å². The number of H-pyrrole nitrogens is 1. The number of hydrogen-bond donors (Lipinski definition) is 3. The molecule has 2 aromatic heterocycles. The van der Waals surface area contributed by atoms with Gasteiger partial charge in [0.15, 0.2) is 5.03 Å². The highest BCUT2D eigenvalue weighted by atomic mass is 32.2. The molecule has 4 N–H and O–H groups in total. The van der Waals surface area contributed by atoms with E-state index in [0.717, 1.165) is 0 Å². The number of aromatic amines is 1. The Morgan fingerprint density at radius 1 is 1.53 bits per heavy atom. The third-order valence-corrected chi connectivity index (χ3v) is 5.29. The number of rotatable bonds is 5. The topological polar surface area (TPSA) is 114 Å². The largest absolute Gasteiger partial charge is 0.326 e. The first kappa shape index (κ1) is 14.1. The Hall–Kier alpha value is -1.29. The molecule has 0 amide bonds. The van der Waals surface area contributed by atoms with E-state index in [1.807, 2.05) is 0 Å². The molecule has 0 saturated carbocycles. The van der Waals surface area contributed by atoms with Gasteiger partial charge in [-0.2, -0.15) is 9.82 Å². The van der Waals surface area contributed by atoms with Gasteiger partial charge in [-0.05, 0) is 13.8 Å². The summed E-state index contributed by atoms with van der Waals surface area (Å²) in [4.78, 5) is 4.14. The van der Waals surface area contributed by atoms with Gasteiger partial charge in [0.25, 0.3) is 10.0 Å². The fourth-order valence-corrected chi connectivity index (χ4v) is 3.95. The summed E-state index contributed by atoms with van der Waals surface area (Å²) in [5.74, 6) is 0. The van der Waals surface area contributed by atoms with E-state index >= 15 is 0 Å². The second-order valence-corrected chi connectivity index (χ2v) is 7.01. The van der Waals surface area contributed by atoms with E-state index in [1.54, 1.807) is 25.4 Å². The monoisotopic (exact) mass is 301 g/mol. The molecule has 104 valence electrons. The second-order valence-electron chi connectivity index (χ2n) is 4.50. The van der Waals surface area contributed by atoms with Crippen molar-refractivity contribution in [3.8, 4) is 0 Å². The molecule has 19 heavy (non-hydrogen) atoms. The van der Waals surface area contributed by atoms with Crippen LogP contribution < -0.4 is 10.5 Å². The predicted octanol–water partition coefficient (Wildman–Crippen LogP) is 0.538. The number of thiazole rings is 1. The van der Waals surface area contributed by atoms with Crippen molar-refractivity contribution in [3.05, 3.63) is 28.3 Å². The summed E-state index contributed by atoms with van der Waals surface area (Å²) in [6.07, 6.45) is 3.04. The number of sulfonamides is 1. The molecule has 0 aliphatic rings. The zero-order chi connectivity index (χ0) is 14.1. The molecule has 2 heterocycles. The molecule has 0 aromatic carbocycles. The SMILES string of the molecule is CC(C)(NS(=O)(=O)c1[nH]ncc1CN)c1nccs1. The molecule has 0 aliphatic carbocycles. The first-order valence-corrected chi connectivity index (χ1v) is 7.89. The van der Waals surface area contributed by atoms with Crippen LogP contribution in [0.1, 0.15) is 24.4 Å². The van der Waals surface area contributed by atoms with Gasteiger partial charge in [-0.15, -0.1) is 11.3 Å². The Kier molecular flexibility index (Phi) is 3.72. The maximum Gasteiger partial charge on any atom is 0.258 e. The van der Waals surface area contributed by atoms with Gasteiger partial charge in [-0.25, -0.2) is 13.4 Å². The zero-order valence-electron chi connectivity index (χ0n) is 10.5. The molecular weight excluding hydrogens is 286 g/mol. The summed E-state index contributed by atoms with van der Waals surface area (Å²) in [6, 6.07) is 0. The Bertz CT molecular complexity index is 645. The normalized spacial score (nSPS) is 12.8. The van der Waals surface area contributed by atoms with E-state index in [0.29, 0.717) is 10.6 Å².